The summed E-state index contributed by atoms with van der Waals surface area (Å²) in [5.74, 6) is 2.64. The zero-order chi connectivity index (χ0) is 22.2. The molecule has 2 aliphatic rings. The number of para-hydroxylation sites is 1. The van der Waals surface area contributed by atoms with E-state index in [1.807, 2.05) is 35.2 Å². The highest BCUT2D eigenvalue weighted by atomic mass is 16.5. The Morgan fingerprint density at radius 1 is 1.06 bits per heavy atom. The van der Waals surface area contributed by atoms with Crippen LogP contribution in [0.2, 0.25) is 0 Å². The van der Waals surface area contributed by atoms with Crippen molar-refractivity contribution in [2.24, 2.45) is 10.9 Å². The molecule has 1 aliphatic carbocycles. The fourth-order valence-corrected chi connectivity index (χ4v) is 3.89. The smallest absolute Gasteiger partial charge is 0.223 e. The lowest BCUT2D eigenvalue weighted by molar-refractivity contribution is -0.131. The standard InChI is InChI=1S/C26H34N4O2/c1-2-27-26(29-16-21-8-5-6-11-24(21)32-19-20-13-14-20)28-15-7-12-25(31)30-17-22-9-3-4-10-23(22)18-30/h3-6,8-11,20H,2,7,12-19H2,1H3,(H2,27,28,29). The summed E-state index contributed by atoms with van der Waals surface area (Å²) < 4.78 is 6.00. The molecule has 4 rings (SSSR count). The summed E-state index contributed by atoms with van der Waals surface area (Å²) in [4.78, 5) is 19.3. The molecule has 32 heavy (non-hydrogen) atoms. The Bertz CT molecular complexity index is 914. The lowest BCUT2D eigenvalue weighted by Gasteiger charge is -2.16. The first-order valence-corrected chi connectivity index (χ1v) is 11.8. The summed E-state index contributed by atoms with van der Waals surface area (Å²) in [6.45, 7) is 6.37. The maximum atomic E-state index is 12.6. The molecule has 2 aromatic rings. The van der Waals surface area contributed by atoms with E-state index in [0.717, 1.165) is 55.9 Å². The van der Waals surface area contributed by atoms with Gasteiger partial charge in [-0.05, 0) is 49.3 Å². The van der Waals surface area contributed by atoms with Crippen molar-refractivity contribution in [2.45, 2.75) is 52.2 Å². The fraction of sp³-hybridized carbons (Fsp3) is 0.462. The van der Waals surface area contributed by atoms with Crippen LogP contribution in [0.5, 0.6) is 5.75 Å². The van der Waals surface area contributed by atoms with Gasteiger partial charge in [-0.3, -0.25) is 4.79 Å². The Balaban J connectivity index is 1.22. The third kappa shape index (κ3) is 6.25. The van der Waals surface area contributed by atoms with Gasteiger partial charge in [0.05, 0.1) is 13.2 Å². The van der Waals surface area contributed by atoms with Gasteiger partial charge in [-0.2, -0.15) is 0 Å². The van der Waals surface area contributed by atoms with Crippen molar-refractivity contribution < 1.29 is 9.53 Å². The van der Waals surface area contributed by atoms with E-state index in [0.29, 0.717) is 19.5 Å². The predicted octanol–water partition coefficient (Wildman–Crippen LogP) is 3.85. The summed E-state index contributed by atoms with van der Waals surface area (Å²) in [6.07, 6.45) is 3.87. The number of benzene rings is 2. The van der Waals surface area contributed by atoms with Crippen molar-refractivity contribution in [3.8, 4) is 5.75 Å². The van der Waals surface area contributed by atoms with Gasteiger partial charge in [0.1, 0.15) is 5.75 Å². The summed E-state index contributed by atoms with van der Waals surface area (Å²) in [5, 5.41) is 6.65. The van der Waals surface area contributed by atoms with Crippen LogP contribution < -0.4 is 15.4 Å². The Kier molecular flexibility index (Phi) is 7.64. The van der Waals surface area contributed by atoms with E-state index in [1.165, 1.54) is 24.0 Å². The number of aliphatic imine (C=N–C) groups is 1. The highest BCUT2D eigenvalue weighted by Gasteiger charge is 2.23. The fourth-order valence-electron chi connectivity index (χ4n) is 3.89. The normalized spacial score (nSPS) is 15.4. The average Bonchev–Trinajstić information content (AvgIpc) is 3.54. The van der Waals surface area contributed by atoms with Crippen LogP contribution in [0.15, 0.2) is 53.5 Å². The minimum atomic E-state index is 0.215. The predicted molar refractivity (Wildman–Crippen MR) is 127 cm³/mol. The number of ether oxygens (including phenoxy) is 1. The largest absolute Gasteiger partial charge is 0.493 e. The van der Waals surface area contributed by atoms with Crippen molar-refractivity contribution in [1.82, 2.24) is 15.5 Å². The lowest BCUT2D eigenvalue weighted by atomic mass is 10.1. The van der Waals surface area contributed by atoms with Gasteiger partial charge in [-0.1, -0.05) is 42.5 Å². The number of hydrogen-bond acceptors (Lipinski definition) is 3. The Morgan fingerprint density at radius 2 is 1.78 bits per heavy atom. The molecular formula is C26H34N4O2. The maximum Gasteiger partial charge on any atom is 0.223 e. The SMILES string of the molecule is CCNC(=NCc1ccccc1OCC1CC1)NCCCC(=O)N1Cc2ccccc2C1. The monoisotopic (exact) mass is 434 g/mol. The molecule has 0 radical (unpaired) electrons. The van der Waals surface area contributed by atoms with E-state index >= 15 is 0 Å². The summed E-state index contributed by atoms with van der Waals surface area (Å²) in [6, 6.07) is 16.4. The van der Waals surface area contributed by atoms with Crippen molar-refractivity contribution in [2.75, 3.05) is 19.7 Å². The van der Waals surface area contributed by atoms with Gasteiger partial charge in [0.15, 0.2) is 5.96 Å². The zero-order valence-corrected chi connectivity index (χ0v) is 19.0. The molecular weight excluding hydrogens is 400 g/mol. The van der Waals surface area contributed by atoms with Gasteiger partial charge in [-0.15, -0.1) is 0 Å². The number of hydrogen-bond donors (Lipinski definition) is 2. The van der Waals surface area contributed by atoms with E-state index in [9.17, 15) is 4.79 Å². The molecule has 0 unspecified atom stereocenters. The second-order valence-electron chi connectivity index (χ2n) is 8.61. The van der Waals surface area contributed by atoms with Gasteiger partial charge >= 0.3 is 0 Å². The first-order chi connectivity index (χ1) is 15.7. The van der Waals surface area contributed by atoms with Gasteiger partial charge in [-0.25, -0.2) is 4.99 Å². The number of nitrogens with zero attached hydrogens (tertiary/aromatic N) is 2. The maximum absolute atomic E-state index is 12.6. The van der Waals surface area contributed by atoms with Gasteiger partial charge in [0, 0.05) is 38.2 Å². The van der Waals surface area contributed by atoms with E-state index in [2.05, 4.69) is 35.8 Å². The topological polar surface area (TPSA) is 66.0 Å². The molecule has 0 spiro atoms. The summed E-state index contributed by atoms with van der Waals surface area (Å²) >= 11 is 0. The van der Waals surface area contributed by atoms with Crippen LogP contribution in [-0.2, 0) is 24.4 Å². The van der Waals surface area contributed by atoms with Crippen molar-refractivity contribution in [3.63, 3.8) is 0 Å². The Morgan fingerprint density at radius 3 is 2.50 bits per heavy atom. The minimum Gasteiger partial charge on any atom is -0.493 e. The van der Waals surface area contributed by atoms with Gasteiger partial charge < -0.3 is 20.3 Å². The number of nitrogens with one attached hydrogen (secondary N) is 2. The van der Waals surface area contributed by atoms with E-state index in [-0.39, 0.29) is 5.91 Å². The molecule has 1 fully saturated rings. The zero-order valence-electron chi connectivity index (χ0n) is 19.0. The minimum absolute atomic E-state index is 0.215. The molecule has 1 saturated carbocycles. The molecule has 0 aromatic heterocycles. The second kappa shape index (κ2) is 11.0. The van der Waals surface area contributed by atoms with Crippen LogP contribution in [0.3, 0.4) is 0 Å². The highest BCUT2D eigenvalue weighted by molar-refractivity contribution is 5.80. The molecule has 0 saturated heterocycles. The second-order valence-corrected chi connectivity index (χ2v) is 8.61. The third-order valence-corrected chi connectivity index (χ3v) is 5.95. The van der Waals surface area contributed by atoms with Crippen molar-refractivity contribution >= 4 is 11.9 Å². The first kappa shape index (κ1) is 22.2. The Hall–Kier alpha value is -3.02. The molecule has 1 heterocycles. The average molecular weight is 435 g/mol. The third-order valence-electron chi connectivity index (χ3n) is 5.95. The number of fused-ring (bicyclic) bond motifs is 1. The van der Waals surface area contributed by atoms with E-state index in [4.69, 9.17) is 9.73 Å². The molecule has 1 amide bonds. The number of rotatable bonds is 10. The van der Waals surface area contributed by atoms with Crippen LogP contribution in [0.4, 0.5) is 0 Å². The van der Waals surface area contributed by atoms with Crippen molar-refractivity contribution in [1.29, 1.82) is 0 Å². The molecule has 0 bridgehead atoms. The highest BCUT2D eigenvalue weighted by Crippen LogP contribution is 2.30. The number of carbonyl (C=O) groups excluding carboxylic acids is 1. The van der Waals surface area contributed by atoms with Crippen molar-refractivity contribution in [3.05, 3.63) is 65.2 Å². The quantitative estimate of drug-likeness (QED) is 0.339. The molecule has 2 N–H and O–H groups in total. The van der Waals surface area contributed by atoms with Gasteiger partial charge in [0.25, 0.3) is 0 Å². The Labute approximate surface area is 191 Å². The van der Waals surface area contributed by atoms with Crippen LogP contribution >= 0.6 is 0 Å². The number of guanidine groups is 1. The molecule has 6 heteroatoms. The van der Waals surface area contributed by atoms with E-state index in [1.54, 1.807) is 0 Å². The summed E-state index contributed by atoms with van der Waals surface area (Å²) in [5.41, 5.74) is 3.62. The van der Waals surface area contributed by atoms with Crippen LogP contribution in [-0.4, -0.2) is 36.5 Å². The molecule has 170 valence electrons. The first-order valence-electron chi connectivity index (χ1n) is 11.8. The number of amides is 1. The molecule has 2 aromatic carbocycles. The van der Waals surface area contributed by atoms with Crippen LogP contribution in [0, 0.1) is 5.92 Å². The van der Waals surface area contributed by atoms with Gasteiger partial charge in [0.2, 0.25) is 5.91 Å². The van der Waals surface area contributed by atoms with E-state index < -0.39 is 0 Å². The molecule has 0 atom stereocenters. The molecule has 6 nitrogen and oxygen atoms in total. The van der Waals surface area contributed by atoms with Crippen LogP contribution in [0.25, 0.3) is 0 Å². The molecule has 1 aliphatic heterocycles. The lowest BCUT2D eigenvalue weighted by Crippen LogP contribution is -2.38. The number of carbonyl (C=O) groups is 1. The van der Waals surface area contributed by atoms with Crippen LogP contribution in [0.1, 0.15) is 49.3 Å². The summed E-state index contributed by atoms with van der Waals surface area (Å²) in [7, 11) is 0.